The first-order valence-electron chi connectivity index (χ1n) is 8.22. The lowest BCUT2D eigenvalue weighted by Gasteiger charge is -2.42. The molecular weight excluding hydrogens is 324 g/mol. The van der Waals surface area contributed by atoms with Crippen LogP contribution in [0.3, 0.4) is 0 Å². The van der Waals surface area contributed by atoms with Crippen molar-refractivity contribution in [3.63, 3.8) is 0 Å². The highest BCUT2D eigenvalue weighted by atomic mass is 32.2. The molecular formula is C18H20N2O3S. The maximum Gasteiger partial charge on any atom is 0.250 e. The highest BCUT2D eigenvalue weighted by Gasteiger charge is 2.39. The Morgan fingerprint density at radius 3 is 2.50 bits per heavy atom. The number of aryl methyl sites for hydroxylation is 1. The number of hydrogen-bond acceptors (Lipinski definition) is 3. The smallest absolute Gasteiger partial charge is 0.250 e. The van der Waals surface area contributed by atoms with Gasteiger partial charge in [0.1, 0.15) is 0 Å². The summed E-state index contributed by atoms with van der Waals surface area (Å²) < 4.78 is 29.3. The monoisotopic (exact) mass is 344 g/mol. The fourth-order valence-electron chi connectivity index (χ4n) is 3.91. The summed E-state index contributed by atoms with van der Waals surface area (Å²) in [5, 5.41) is 0. The van der Waals surface area contributed by atoms with Crippen LogP contribution in [0.1, 0.15) is 23.6 Å². The van der Waals surface area contributed by atoms with E-state index in [0.29, 0.717) is 24.5 Å². The van der Waals surface area contributed by atoms with Gasteiger partial charge in [-0.1, -0.05) is 23.8 Å². The van der Waals surface area contributed by atoms with Gasteiger partial charge in [0.2, 0.25) is 10.0 Å². The maximum absolute atomic E-state index is 13.0. The summed E-state index contributed by atoms with van der Waals surface area (Å²) in [6, 6.07) is 12.3. The second-order valence-corrected chi connectivity index (χ2v) is 8.77. The standard InChI is InChI=1S/C18H20N2O3S/c1-13-5-7-16(8-6-13)24(22,23)19-10-14-9-15(12-19)17-3-2-4-18(21)20(17)11-14/h2-8,14-15H,9-12H2,1H3/t14-,15+/m1/s1. The minimum atomic E-state index is -3.49. The Kier molecular flexibility index (Phi) is 3.62. The molecule has 1 saturated heterocycles. The molecule has 1 aromatic carbocycles. The van der Waals surface area contributed by atoms with Crippen molar-refractivity contribution in [2.24, 2.45) is 5.92 Å². The number of nitrogens with zero attached hydrogens (tertiary/aromatic N) is 2. The van der Waals surface area contributed by atoms with E-state index in [9.17, 15) is 13.2 Å². The average Bonchev–Trinajstić information content (AvgIpc) is 2.56. The zero-order valence-corrected chi connectivity index (χ0v) is 14.4. The Hall–Kier alpha value is -1.92. The van der Waals surface area contributed by atoms with E-state index in [1.165, 1.54) is 0 Å². The van der Waals surface area contributed by atoms with Crippen molar-refractivity contribution >= 4 is 10.0 Å². The van der Waals surface area contributed by atoms with Crippen molar-refractivity contribution in [1.29, 1.82) is 0 Å². The number of piperidine rings is 1. The van der Waals surface area contributed by atoms with Gasteiger partial charge in [0.25, 0.3) is 5.56 Å². The Morgan fingerprint density at radius 2 is 1.75 bits per heavy atom. The van der Waals surface area contributed by atoms with E-state index in [4.69, 9.17) is 0 Å². The summed E-state index contributed by atoms with van der Waals surface area (Å²) in [7, 11) is -3.49. The lowest BCUT2D eigenvalue weighted by molar-refractivity contribution is 0.186. The summed E-state index contributed by atoms with van der Waals surface area (Å²) in [5.41, 5.74) is 2.01. The van der Waals surface area contributed by atoms with Gasteiger partial charge < -0.3 is 4.57 Å². The van der Waals surface area contributed by atoms with Crippen LogP contribution < -0.4 is 5.56 Å². The first-order chi connectivity index (χ1) is 11.4. The van der Waals surface area contributed by atoms with Crippen LogP contribution in [0.25, 0.3) is 0 Å². The summed E-state index contributed by atoms with van der Waals surface area (Å²) in [5.74, 6) is 0.281. The molecule has 0 unspecified atom stereocenters. The first-order valence-corrected chi connectivity index (χ1v) is 9.66. The fourth-order valence-corrected chi connectivity index (χ4v) is 5.47. The van der Waals surface area contributed by atoms with E-state index in [0.717, 1.165) is 17.7 Å². The zero-order chi connectivity index (χ0) is 16.9. The van der Waals surface area contributed by atoms with Gasteiger partial charge in [0.15, 0.2) is 0 Å². The number of benzene rings is 1. The molecule has 0 saturated carbocycles. The maximum atomic E-state index is 13.0. The van der Waals surface area contributed by atoms with Crippen molar-refractivity contribution in [1.82, 2.24) is 8.87 Å². The van der Waals surface area contributed by atoms with Gasteiger partial charge in [-0.05, 0) is 37.5 Å². The van der Waals surface area contributed by atoms with Crippen LogP contribution in [0.5, 0.6) is 0 Å². The molecule has 0 aliphatic carbocycles. The lowest BCUT2D eigenvalue weighted by atomic mass is 9.84. The normalized spacial score (nSPS) is 23.7. The van der Waals surface area contributed by atoms with E-state index >= 15 is 0 Å². The van der Waals surface area contributed by atoms with Gasteiger partial charge in [-0.2, -0.15) is 4.31 Å². The van der Waals surface area contributed by atoms with Crippen LogP contribution in [-0.2, 0) is 16.6 Å². The van der Waals surface area contributed by atoms with Crippen LogP contribution >= 0.6 is 0 Å². The van der Waals surface area contributed by atoms with Crippen molar-refractivity contribution < 1.29 is 8.42 Å². The Morgan fingerprint density at radius 1 is 1.00 bits per heavy atom. The molecule has 1 aromatic heterocycles. The van der Waals surface area contributed by atoms with Crippen molar-refractivity contribution in [3.8, 4) is 0 Å². The van der Waals surface area contributed by atoms with Crippen molar-refractivity contribution in [3.05, 3.63) is 64.1 Å². The molecule has 2 aliphatic rings. The molecule has 24 heavy (non-hydrogen) atoms. The molecule has 2 aromatic rings. The van der Waals surface area contributed by atoms with Crippen LogP contribution in [-0.4, -0.2) is 30.4 Å². The van der Waals surface area contributed by atoms with Gasteiger partial charge in [-0.15, -0.1) is 0 Å². The minimum Gasteiger partial charge on any atom is -0.312 e. The van der Waals surface area contributed by atoms with Gasteiger partial charge >= 0.3 is 0 Å². The molecule has 6 heteroatoms. The number of hydrogen-bond donors (Lipinski definition) is 0. The third-order valence-electron chi connectivity index (χ3n) is 5.11. The van der Waals surface area contributed by atoms with Crippen molar-refractivity contribution in [2.45, 2.75) is 30.7 Å². The number of sulfonamides is 1. The molecule has 0 amide bonds. The van der Waals surface area contributed by atoms with Crippen molar-refractivity contribution in [2.75, 3.05) is 13.1 Å². The second-order valence-electron chi connectivity index (χ2n) is 6.83. The molecule has 126 valence electrons. The molecule has 0 radical (unpaired) electrons. The van der Waals surface area contributed by atoms with Crippen LogP contribution in [0.4, 0.5) is 0 Å². The average molecular weight is 344 g/mol. The molecule has 4 rings (SSSR count). The number of rotatable bonds is 2. The van der Waals surface area contributed by atoms with Crippen LogP contribution in [0.2, 0.25) is 0 Å². The minimum absolute atomic E-state index is 0.0111. The number of fused-ring (bicyclic) bond motifs is 4. The summed E-state index contributed by atoms with van der Waals surface area (Å²) in [6.07, 6.45) is 0.948. The highest BCUT2D eigenvalue weighted by molar-refractivity contribution is 7.89. The molecule has 0 N–H and O–H groups in total. The summed E-state index contributed by atoms with van der Waals surface area (Å²) in [6.45, 7) is 3.46. The Balaban J connectivity index is 1.69. The van der Waals surface area contributed by atoms with E-state index in [2.05, 4.69) is 0 Å². The SMILES string of the molecule is Cc1ccc(S(=O)(=O)N2C[C@H]3C[C@@H](C2)c2cccc(=O)n2C3)cc1. The van der Waals surface area contributed by atoms with Gasteiger partial charge in [-0.3, -0.25) is 4.79 Å². The molecule has 2 aliphatic heterocycles. The largest absolute Gasteiger partial charge is 0.312 e. The first kappa shape index (κ1) is 15.6. The fraction of sp³-hybridized carbons (Fsp3) is 0.389. The van der Waals surface area contributed by atoms with Gasteiger partial charge in [0.05, 0.1) is 4.90 Å². The highest BCUT2D eigenvalue weighted by Crippen LogP contribution is 2.37. The van der Waals surface area contributed by atoms with E-state index in [1.54, 1.807) is 28.6 Å². The third kappa shape index (κ3) is 2.50. The number of pyridine rings is 1. The topological polar surface area (TPSA) is 59.4 Å². The third-order valence-corrected chi connectivity index (χ3v) is 6.95. The second kappa shape index (κ2) is 5.57. The molecule has 2 bridgehead atoms. The van der Waals surface area contributed by atoms with Crippen LogP contribution in [0.15, 0.2) is 52.2 Å². The molecule has 3 heterocycles. The Bertz CT molecular complexity index is 931. The predicted octanol–water partition coefficient (Wildman–Crippen LogP) is 1.96. The van der Waals surface area contributed by atoms with Gasteiger partial charge in [0, 0.05) is 37.3 Å². The lowest BCUT2D eigenvalue weighted by Crippen LogP contribution is -2.48. The van der Waals surface area contributed by atoms with E-state index in [1.807, 2.05) is 29.7 Å². The predicted molar refractivity (Wildman–Crippen MR) is 91.5 cm³/mol. The van der Waals surface area contributed by atoms with E-state index < -0.39 is 10.0 Å². The van der Waals surface area contributed by atoms with Gasteiger partial charge in [-0.25, -0.2) is 8.42 Å². The number of aromatic nitrogens is 1. The zero-order valence-electron chi connectivity index (χ0n) is 13.6. The Labute approximate surface area is 141 Å². The molecule has 1 fully saturated rings. The molecule has 0 spiro atoms. The summed E-state index contributed by atoms with van der Waals surface area (Å²) >= 11 is 0. The van der Waals surface area contributed by atoms with E-state index in [-0.39, 0.29) is 17.4 Å². The molecule has 5 nitrogen and oxygen atoms in total. The summed E-state index contributed by atoms with van der Waals surface area (Å²) in [4.78, 5) is 12.4. The quantitative estimate of drug-likeness (QED) is 0.837. The van der Waals surface area contributed by atoms with Crippen LogP contribution in [0, 0.1) is 12.8 Å². The molecule has 2 atom stereocenters.